The van der Waals surface area contributed by atoms with Crippen molar-refractivity contribution in [3.8, 4) is 5.69 Å². The van der Waals surface area contributed by atoms with Gasteiger partial charge in [-0.05, 0) is 55.3 Å². The number of furan rings is 1. The molecular formula is C31H33ClN4O3S. The molecule has 5 rings (SSSR count). The quantitative estimate of drug-likeness (QED) is 0.283. The number of amides is 2. The molecule has 0 spiro atoms. The summed E-state index contributed by atoms with van der Waals surface area (Å²) in [4.78, 5) is 28.6. The average Bonchev–Trinajstić information content (AvgIpc) is 3.52. The van der Waals surface area contributed by atoms with Crippen LogP contribution >= 0.6 is 23.4 Å². The third-order valence-electron chi connectivity index (χ3n) is 6.87. The van der Waals surface area contributed by atoms with E-state index < -0.39 is 0 Å². The van der Waals surface area contributed by atoms with E-state index in [2.05, 4.69) is 32.2 Å². The Bertz CT molecular complexity index is 1560. The van der Waals surface area contributed by atoms with E-state index in [1.807, 2.05) is 54.9 Å². The molecule has 208 valence electrons. The first kappa shape index (κ1) is 28.1. The van der Waals surface area contributed by atoms with Crippen LogP contribution in [0.5, 0.6) is 0 Å². The van der Waals surface area contributed by atoms with Crippen molar-refractivity contribution in [3.63, 3.8) is 0 Å². The molecule has 1 aliphatic rings. The lowest BCUT2D eigenvalue weighted by atomic mass is 9.87. The molecule has 0 bridgehead atoms. The number of rotatable bonds is 6. The number of thioether (sulfide) groups is 1. The molecule has 0 fully saturated rings. The molecule has 0 unspecified atom stereocenters. The van der Waals surface area contributed by atoms with Crippen LogP contribution in [0.1, 0.15) is 59.7 Å². The topological polar surface area (TPSA) is 80.4 Å². The predicted octanol–water partition coefficient (Wildman–Crippen LogP) is 6.52. The molecular weight excluding hydrogens is 544 g/mol. The highest BCUT2D eigenvalue weighted by Crippen LogP contribution is 2.48. The van der Waals surface area contributed by atoms with Crippen LogP contribution in [0.3, 0.4) is 0 Å². The van der Waals surface area contributed by atoms with Gasteiger partial charge in [0, 0.05) is 16.0 Å². The van der Waals surface area contributed by atoms with Gasteiger partial charge in [-0.15, -0.1) is 11.8 Å². The van der Waals surface area contributed by atoms with E-state index >= 15 is 0 Å². The lowest BCUT2D eigenvalue weighted by molar-refractivity contribution is -0.123. The van der Waals surface area contributed by atoms with Crippen LogP contribution in [0.2, 0.25) is 5.02 Å². The van der Waals surface area contributed by atoms with E-state index in [4.69, 9.17) is 21.1 Å². The highest BCUT2D eigenvalue weighted by Gasteiger charge is 2.40. The lowest BCUT2D eigenvalue weighted by Gasteiger charge is -2.25. The summed E-state index contributed by atoms with van der Waals surface area (Å²) in [6.07, 6.45) is 1.57. The Labute approximate surface area is 243 Å². The summed E-state index contributed by atoms with van der Waals surface area (Å²) in [5.41, 5.74) is 5.46. The third-order valence-corrected chi connectivity index (χ3v) is 8.36. The molecule has 1 atom stereocenters. The number of carbonyl (C=O) groups is 2. The molecule has 2 aromatic heterocycles. The first-order valence-electron chi connectivity index (χ1n) is 13.2. The SMILES string of the molecule is Cc1ccc(-n2nc(C(C)(C)C)c3c2N(CC(=O)NCc2ccco2)C(=O)CS[C@@H]3c2cccc(Cl)c2)c(C)c1. The number of nitrogens with one attached hydrogen (secondary N) is 1. The number of nitrogens with zero attached hydrogens (tertiary/aromatic N) is 3. The normalized spacial score (nSPS) is 15.6. The number of carbonyl (C=O) groups excluding carboxylic acids is 2. The number of hydrogen-bond donors (Lipinski definition) is 1. The van der Waals surface area contributed by atoms with Gasteiger partial charge >= 0.3 is 0 Å². The zero-order chi connectivity index (χ0) is 28.6. The van der Waals surface area contributed by atoms with Crippen LogP contribution in [0.25, 0.3) is 5.69 Å². The van der Waals surface area contributed by atoms with Gasteiger partial charge in [0.1, 0.15) is 18.1 Å². The van der Waals surface area contributed by atoms with Crippen molar-refractivity contribution in [2.45, 2.75) is 51.8 Å². The second-order valence-corrected chi connectivity index (χ2v) is 12.6. The van der Waals surface area contributed by atoms with Crippen molar-refractivity contribution in [1.82, 2.24) is 15.1 Å². The number of benzene rings is 2. The summed E-state index contributed by atoms with van der Waals surface area (Å²) >= 11 is 7.97. The Morgan fingerprint density at radius 2 is 1.95 bits per heavy atom. The number of aryl methyl sites for hydroxylation is 2. The fourth-order valence-electron chi connectivity index (χ4n) is 5.02. The maximum Gasteiger partial charge on any atom is 0.240 e. The number of aromatic nitrogens is 2. The minimum Gasteiger partial charge on any atom is -0.467 e. The van der Waals surface area contributed by atoms with Crippen molar-refractivity contribution in [3.05, 3.63) is 99.6 Å². The predicted molar refractivity (Wildman–Crippen MR) is 160 cm³/mol. The summed E-state index contributed by atoms with van der Waals surface area (Å²) in [6, 6.07) is 17.5. The number of anilines is 1. The molecule has 0 saturated heterocycles. The number of halogens is 1. The monoisotopic (exact) mass is 576 g/mol. The second-order valence-electron chi connectivity index (χ2n) is 11.1. The maximum atomic E-state index is 13.8. The lowest BCUT2D eigenvalue weighted by Crippen LogP contribution is -2.42. The fraction of sp³-hybridized carbons (Fsp3) is 0.323. The Morgan fingerprint density at radius 3 is 2.62 bits per heavy atom. The van der Waals surface area contributed by atoms with Gasteiger partial charge in [0.05, 0.1) is 35.2 Å². The van der Waals surface area contributed by atoms with Crippen molar-refractivity contribution in [2.75, 3.05) is 17.2 Å². The second kappa shape index (κ2) is 11.2. The van der Waals surface area contributed by atoms with Crippen LogP contribution in [0.15, 0.2) is 65.3 Å². The Kier molecular flexibility index (Phi) is 7.84. The molecule has 0 saturated carbocycles. The highest BCUT2D eigenvalue weighted by molar-refractivity contribution is 8.00. The minimum absolute atomic E-state index is 0.143. The third kappa shape index (κ3) is 5.69. The molecule has 0 aliphatic carbocycles. The zero-order valence-corrected chi connectivity index (χ0v) is 24.9. The van der Waals surface area contributed by atoms with Gasteiger partial charge < -0.3 is 9.73 Å². The van der Waals surface area contributed by atoms with Crippen LogP contribution in [0.4, 0.5) is 5.82 Å². The van der Waals surface area contributed by atoms with Gasteiger partial charge in [0.2, 0.25) is 11.8 Å². The summed E-state index contributed by atoms with van der Waals surface area (Å²) in [5.74, 6) is 1.02. The largest absolute Gasteiger partial charge is 0.467 e. The van der Waals surface area contributed by atoms with Gasteiger partial charge in [-0.3, -0.25) is 14.5 Å². The zero-order valence-electron chi connectivity index (χ0n) is 23.3. The van der Waals surface area contributed by atoms with Crippen molar-refractivity contribution in [1.29, 1.82) is 0 Å². The van der Waals surface area contributed by atoms with E-state index in [1.165, 1.54) is 11.8 Å². The van der Waals surface area contributed by atoms with Crippen LogP contribution in [0, 0.1) is 13.8 Å². The molecule has 7 nitrogen and oxygen atoms in total. The molecule has 1 aliphatic heterocycles. The standard InChI is InChI=1S/C31H33ClN4O3S/c1-19-11-12-24(20(2)14-19)36-30-27(29(34-36)31(3,4)5)28(21-8-6-9-22(32)15-21)40-18-26(38)35(30)17-25(37)33-16-23-10-7-13-39-23/h6-15,28H,16-18H2,1-5H3,(H,33,37)/t28-/m1/s1. The van der Waals surface area contributed by atoms with Gasteiger partial charge in [-0.2, -0.15) is 5.10 Å². The first-order valence-corrected chi connectivity index (χ1v) is 14.6. The number of fused-ring (bicyclic) bond motifs is 1. The van der Waals surface area contributed by atoms with E-state index in [-0.39, 0.29) is 41.3 Å². The van der Waals surface area contributed by atoms with Crippen LogP contribution in [-0.2, 0) is 21.5 Å². The number of hydrogen-bond acceptors (Lipinski definition) is 5. The molecule has 3 heterocycles. The van der Waals surface area contributed by atoms with Crippen molar-refractivity contribution in [2.24, 2.45) is 0 Å². The Balaban J connectivity index is 1.70. The van der Waals surface area contributed by atoms with E-state index in [1.54, 1.807) is 23.3 Å². The summed E-state index contributed by atoms with van der Waals surface area (Å²) in [6.45, 7) is 10.5. The maximum absolute atomic E-state index is 13.8. The molecule has 4 aromatic rings. The van der Waals surface area contributed by atoms with Gasteiger partial charge in [-0.1, -0.05) is 62.2 Å². The Morgan fingerprint density at radius 1 is 1.15 bits per heavy atom. The van der Waals surface area contributed by atoms with Crippen LogP contribution < -0.4 is 10.2 Å². The van der Waals surface area contributed by atoms with E-state index in [0.29, 0.717) is 16.6 Å². The first-order chi connectivity index (χ1) is 19.0. The van der Waals surface area contributed by atoms with Gasteiger partial charge in [0.25, 0.3) is 0 Å². The van der Waals surface area contributed by atoms with E-state index in [9.17, 15) is 9.59 Å². The minimum atomic E-state index is -0.341. The van der Waals surface area contributed by atoms with Gasteiger partial charge in [-0.25, -0.2) is 4.68 Å². The molecule has 2 amide bonds. The summed E-state index contributed by atoms with van der Waals surface area (Å²) < 4.78 is 7.21. The van der Waals surface area contributed by atoms with Gasteiger partial charge in [0.15, 0.2) is 0 Å². The molecule has 2 aromatic carbocycles. The van der Waals surface area contributed by atoms with E-state index in [0.717, 1.165) is 33.6 Å². The Hall–Kier alpha value is -3.49. The van der Waals surface area contributed by atoms with Crippen molar-refractivity contribution < 1.29 is 14.0 Å². The molecule has 40 heavy (non-hydrogen) atoms. The fourth-order valence-corrected chi connectivity index (χ4v) is 6.40. The van der Waals surface area contributed by atoms with Crippen molar-refractivity contribution >= 4 is 41.0 Å². The summed E-state index contributed by atoms with van der Waals surface area (Å²) in [7, 11) is 0. The average molecular weight is 577 g/mol. The molecule has 9 heteroatoms. The summed E-state index contributed by atoms with van der Waals surface area (Å²) in [5, 5.41) is 8.48. The van der Waals surface area contributed by atoms with Crippen LogP contribution in [-0.4, -0.2) is 33.9 Å². The molecule has 1 N–H and O–H groups in total. The smallest absolute Gasteiger partial charge is 0.240 e. The highest BCUT2D eigenvalue weighted by atomic mass is 35.5. The molecule has 0 radical (unpaired) electrons.